The fourth-order valence-electron chi connectivity index (χ4n) is 1.67. The lowest BCUT2D eigenvalue weighted by Crippen LogP contribution is -2.32. The summed E-state index contributed by atoms with van der Waals surface area (Å²) in [5.74, 6) is 0.0356. The number of nitrogens with two attached hydrogens (primary N) is 1. The third kappa shape index (κ3) is 5.14. The molecule has 0 aliphatic heterocycles. The lowest BCUT2D eigenvalue weighted by atomic mass is 10.1. The summed E-state index contributed by atoms with van der Waals surface area (Å²) >= 11 is 3.32. The predicted octanol–water partition coefficient (Wildman–Crippen LogP) is 2.84. The zero-order valence-corrected chi connectivity index (χ0v) is 13.7. The molecule has 2 aromatic rings. The van der Waals surface area contributed by atoms with Crippen molar-refractivity contribution in [1.82, 2.24) is 5.48 Å². The van der Waals surface area contributed by atoms with Crippen molar-refractivity contribution in [2.75, 3.05) is 6.61 Å². The number of rotatable bonds is 6. The maximum atomic E-state index is 11.6. The number of carbonyl (C=O) groups is 1. The molecule has 0 amide bonds. The SMILES string of the molecule is Cc1ccc(C(N)NOC(=O)COc2ccc(Br)cc2)cc1. The third-order valence-corrected chi connectivity index (χ3v) is 3.44. The van der Waals surface area contributed by atoms with Crippen LogP contribution in [0.3, 0.4) is 0 Å². The summed E-state index contributed by atoms with van der Waals surface area (Å²) in [4.78, 5) is 16.5. The number of benzene rings is 2. The van der Waals surface area contributed by atoms with E-state index in [1.165, 1.54) is 0 Å². The molecule has 0 aromatic heterocycles. The van der Waals surface area contributed by atoms with Crippen LogP contribution < -0.4 is 16.0 Å². The Hall–Kier alpha value is -1.89. The van der Waals surface area contributed by atoms with Crippen molar-refractivity contribution in [2.45, 2.75) is 13.1 Å². The first-order valence-electron chi connectivity index (χ1n) is 6.70. The molecule has 1 atom stereocenters. The van der Waals surface area contributed by atoms with Crippen LogP contribution in [0, 0.1) is 6.92 Å². The molecular formula is C16H17BrN2O3. The van der Waals surface area contributed by atoms with E-state index in [1.54, 1.807) is 12.1 Å². The monoisotopic (exact) mass is 364 g/mol. The van der Waals surface area contributed by atoms with Crippen molar-refractivity contribution in [1.29, 1.82) is 0 Å². The second-order valence-electron chi connectivity index (χ2n) is 4.72. The molecule has 0 fully saturated rings. The van der Waals surface area contributed by atoms with Gasteiger partial charge in [-0.05, 0) is 36.8 Å². The van der Waals surface area contributed by atoms with Gasteiger partial charge in [-0.3, -0.25) is 0 Å². The maximum absolute atomic E-state index is 11.6. The van der Waals surface area contributed by atoms with Crippen LogP contribution in [0.5, 0.6) is 5.75 Å². The highest BCUT2D eigenvalue weighted by atomic mass is 79.9. The largest absolute Gasteiger partial charge is 0.482 e. The van der Waals surface area contributed by atoms with Crippen molar-refractivity contribution >= 4 is 21.9 Å². The Labute approximate surface area is 137 Å². The van der Waals surface area contributed by atoms with E-state index in [0.29, 0.717) is 5.75 Å². The Balaban J connectivity index is 1.75. The summed E-state index contributed by atoms with van der Waals surface area (Å²) in [5, 5.41) is 0. The minimum Gasteiger partial charge on any atom is -0.482 e. The molecule has 6 heteroatoms. The van der Waals surface area contributed by atoms with Crippen LogP contribution in [-0.4, -0.2) is 12.6 Å². The van der Waals surface area contributed by atoms with Crippen LogP contribution in [-0.2, 0) is 9.63 Å². The molecule has 0 saturated carbocycles. The zero-order valence-electron chi connectivity index (χ0n) is 12.1. The molecule has 3 N–H and O–H groups in total. The molecule has 1 unspecified atom stereocenters. The molecule has 0 radical (unpaired) electrons. The standard InChI is InChI=1S/C16H17BrN2O3/c1-11-2-4-12(5-3-11)16(18)19-22-15(20)10-21-14-8-6-13(17)7-9-14/h2-9,16,19H,10,18H2,1H3. The minimum atomic E-state index is -0.586. The van der Waals surface area contributed by atoms with E-state index >= 15 is 0 Å². The summed E-state index contributed by atoms with van der Waals surface area (Å²) < 4.78 is 6.24. The maximum Gasteiger partial charge on any atom is 0.362 e. The topological polar surface area (TPSA) is 73.6 Å². The lowest BCUT2D eigenvalue weighted by Gasteiger charge is -2.14. The van der Waals surface area contributed by atoms with Gasteiger partial charge in [0.25, 0.3) is 0 Å². The molecule has 2 rings (SSSR count). The number of nitrogens with one attached hydrogen (secondary N) is 1. The van der Waals surface area contributed by atoms with Crippen LogP contribution in [0.1, 0.15) is 17.3 Å². The Morgan fingerprint density at radius 1 is 1.18 bits per heavy atom. The quantitative estimate of drug-likeness (QED) is 0.608. The number of carbonyl (C=O) groups excluding carboxylic acids is 1. The first-order chi connectivity index (χ1) is 10.5. The number of hydrogen-bond acceptors (Lipinski definition) is 5. The van der Waals surface area contributed by atoms with Crippen LogP contribution >= 0.6 is 15.9 Å². The van der Waals surface area contributed by atoms with Gasteiger partial charge in [0.05, 0.1) is 0 Å². The highest BCUT2D eigenvalue weighted by Crippen LogP contribution is 2.16. The highest BCUT2D eigenvalue weighted by Gasteiger charge is 2.09. The average molecular weight is 365 g/mol. The second kappa shape index (κ2) is 7.93. The molecule has 116 valence electrons. The van der Waals surface area contributed by atoms with Gasteiger partial charge in [0.15, 0.2) is 6.61 Å². The molecule has 0 bridgehead atoms. The number of ether oxygens (including phenoxy) is 1. The molecule has 2 aromatic carbocycles. The van der Waals surface area contributed by atoms with E-state index in [2.05, 4.69) is 21.4 Å². The van der Waals surface area contributed by atoms with Gasteiger partial charge in [-0.1, -0.05) is 45.8 Å². The summed E-state index contributed by atoms with van der Waals surface area (Å²) in [6, 6.07) is 14.8. The van der Waals surface area contributed by atoms with Crippen LogP contribution in [0.25, 0.3) is 0 Å². The van der Waals surface area contributed by atoms with E-state index < -0.39 is 12.1 Å². The fourth-order valence-corrected chi connectivity index (χ4v) is 1.94. The Morgan fingerprint density at radius 2 is 1.82 bits per heavy atom. The molecule has 5 nitrogen and oxygen atoms in total. The fraction of sp³-hybridized carbons (Fsp3) is 0.188. The highest BCUT2D eigenvalue weighted by molar-refractivity contribution is 9.10. The number of hydroxylamine groups is 1. The molecule has 0 saturated heterocycles. The van der Waals surface area contributed by atoms with Gasteiger partial charge in [-0.25, -0.2) is 4.79 Å². The summed E-state index contributed by atoms with van der Waals surface area (Å²) in [6.07, 6.45) is -0.586. The Bertz CT molecular complexity index is 614. The summed E-state index contributed by atoms with van der Waals surface area (Å²) in [5.41, 5.74) is 10.3. The second-order valence-corrected chi connectivity index (χ2v) is 5.64. The molecule has 0 aliphatic rings. The van der Waals surface area contributed by atoms with Gasteiger partial charge in [0, 0.05) is 4.47 Å². The average Bonchev–Trinajstić information content (AvgIpc) is 2.52. The van der Waals surface area contributed by atoms with Gasteiger partial charge in [0.2, 0.25) is 0 Å². The third-order valence-electron chi connectivity index (χ3n) is 2.91. The Kier molecular flexibility index (Phi) is 5.94. The van der Waals surface area contributed by atoms with Crippen LogP contribution in [0.15, 0.2) is 53.0 Å². The van der Waals surface area contributed by atoms with Crippen LogP contribution in [0.2, 0.25) is 0 Å². The van der Waals surface area contributed by atoms with Crippen molar-refractivity contribution in [2.24, 2.45) is 5.73 Å². The van der Waals surface area contributed by atoms with Crippen molar-refractivity contribution < 1.29 is 14.4 Å². The number of hydrogen-bond donors (Lipinski definition) is 2. The van der Waals surface area contributed by atoms with E-state index in [-0.39, 0.29) is 6.61 Å². The van der Waals surface area contributed by atoms with Crippen LogP contribution in [0.4, 0.5) is 0 Å². The molecule has 0 heterocycles. The van der Waals surface area contributed by atoms with E-state index in [0.717, 1.165) is 15.6 Å². The molecule has 22 heavy (non-hydrogen) atoms. The number of halogens is 1. The van der Waals surface area contributed by atoms with Gasteiger partial charge in [-0.2, -0.15) is 0 Å². The zero-order chi connectivity index (χ0) is 15.9. The predicted molar refractivity (Wildman–Crippen MR) is 87.0 cm³/mol. The molecular weight excluding hydrogens is 348 g/mol. The normalized spacial score (nSPS) is 11.8. The van der Waals surface area contributed by atoms with Gasteiger partial charge in [0.1, 0.15) is 11.9 Å². The van der Waals surface area contributed by atoms with Gasteiger partial charge >= 0.3 is 5.97 Å². The minimum absolute atomic E-state index is 0.199. The van der Waals surface area contributed by atoms with E-state index in [1.807, 2.05) is 43.3 Å². The first-order valence-corrected chi connectivity index (χ1v) is 7.49. The smallest absolute Gasteiger partial charge is 0.362 e. The van der Waals surface area contributed by atoms with Gasteiger partial charge < -0.3 is 15.3 Å². The Morgan fingerprint density at radius 3 is 2.45 bits per heavy atom. The van der Waals surface area contributed by atoms with E-state index in [4.69, 9.17) is 15.3 Å². The molecule has 0 aliphatic carbocycles. The van der Waals surface area contributed by atoms with Gasteiger partial charge in [-0.15, -0.1) is 5.48 Å². The van der Waals surface area contributed by atoms with Crippen molar-refractivity contribution in [3.8, 4) is 5.75 Å². The van der Waals surface area contributed by atoms with E-state index in [9.17, 15) is 4.79 Å². The number of aryl methyl sites for hydroxylation is 1. The summed E-state index contributed by atoms with van der Waals surface area (Å²) in [6.45, 7) is 1.79. The van der Waals surface area contributed by atoms with Crippen molar-refractivity contribution in [3.63, 3.8) is 0 Å². The van der Waals surface area contributed by atoms with Crippen molar-refractivity contribution in [3.05, 3.63) is 64.1 Å². The summed E-state index contributed by atoms with van der Waals surface area (Å²) in [7, 11) is 0. The first kappa shape index (κ1) is 16.5. The molecule has 0 spiro atoms. The lowest BCUT2D eigenvalue weighted by molar-refractivity contribution is -0.155.